The Morgan fingerprint density at radius 3 is 2.70 bits per heavy atom. The van der Waals surface area contributed by atoms with E-state index in [2.05, 4.69) is 15.2 Å². The van der Waals surface area contributed by atoms with Crippen LogP contribution in [0.5, 0.6) is 0 Å². The van der Waals surface area contributed by atoms with E-state index in [1.165, 1.54) is 12.8 Å². The van der Waals surface area contributed by atoms with E-state index in [1.807, 2.05) is 26.0 Å². The number of carbonyl (C=O) groups is 1. The largest absolute Gasteiger partial charge is 0.357 e. The topological polar surface area (TPSA) is 71.2 Å². The highest BCUT2D eigenvalue weighted by atomic mass is 16.2. The number of amides is 1. The lowest BCUT2D eigenvalue weighted by molar-refractivity contribution is -0.118. The van der Waals surface area contributed by atoms with E-state index in [-0.39, 0.29) is 11.8 Å². The molecule has 2 heterocycles. The highest BCUT2D eigenvalue weighted by molar-refractivity contribution is 5.94. The molecule has 0 spiro atoms. The van der Waals surface area contributed by atoms with Crippen molar-refractivity contribution in [3.63, 3.8) is 0 Å². The molecule has 1 amide bonds. The number of carbonyl (C=O) groups excluding carboxylic acids is 1. The van der Waals surface area contributed by atoms with Crippen molar-refractivity contribution in [3.05, 3.63) is 18.3 Å². The summed E-state index contributed by atoms with van der Waals surface area (Å²) < 4.78 is 0. The van der Waals surface area contributed by atoms with E-state index in [0.29, 0.717) is 5.69 Å². The molecule has 0 saturated carbocycles. The molecule has 1 unspecified atom stereocenters. The van der Waals surface area contributed by atoms with Gasteiger partial charge in [0.05, 0.1) is 17.9 Å². The van der Waals surface area contributed by atoms with Gasteiger partial charge in [0.25, 0.3) is 0 Å². The fraction of sp³-hybridized carbons (Fsp3) is 0.600. The molecule has 3 N–H and O–H groups in total. The van der Waals surface area contributed by atoms with E-state index >= 15 is 0 Å². The first-order chi connectivity index (χ1) is 9.61. The van der Waals surface area contributed by atoms with Gasteiger partial charge < -0.3 is 16.0 Å². The molecule has 0 aliphatic carbocycles. The summed E-state index contributed by atoms with van der Waals surface area (Å²) in [6, 6.07) is 3.37. The molecule has 2 rings (SSSR count). The van der Waals surface area contributed by atoms with E-state index in [1.54, 1.807) is 6.20 Å². The Bertz CT molecular complexity index is 440. The monoisotopic (exact) mass is 276 g/mol. The summed E-state index contributed by atoms with van der Waals surface area (Å²) >= 11 is 0. The molecule has 0 bridgehead atoms. The van der Waals surface area contributed by atoms with Gasteiger partial charge in [-0.15, -0.1) is 0 Å². The normalized spacial score (nSPS) is 17.9. The predicted molar refractivity (Wildman–Crippen MR) is 81.7 cm³/mol. The lowest BCUT2D eigenvalue weighted by Gasteiger charge is -2.19. The first kappa shape index (κ1) is 14.8. The molecule has 1 aliphatic heterocycles. The van der Waals surface area contributed by atoms with Crippen molar-refractivity contribution in [3.8, 4) is 0 Å². The van der Waals surface area contributed by atoms with E-state index in [0.717, 1.165) is 25.3 Å². The molecule has 5 nitrogen and oxygen atoms in total. The van der Waals surface area contributed by atoms with Gasteiger partial charge in [0, 0.05) is 13.1 Å². The Labute approximate surface area is 120 Å². The Hall–Kier alpha value is -1.62. The van der Waals surface area contributed by atoms with E-state index in [9.17, 15) is 4.79 Å². The number of anilines is 2. The van der Waals surface area contributed by atoms with Crippen molar-refractivity contribution < 1.29 is 4.79 Å². The van der Waals surface area contributed by atoms with Crippen molar-refractivity contribution in [1.29, 1.82) is 0 Å². The van der Waals surface area contributed by atoms with Crippen LogP contribution >= 0.6 is 0 Å². The average Bonchev–Trinajstić information content (AvgIpc) is 3.00. The van der Waals surface area contributed by atoms with E-state index < -0.39 is 6.04 Å². The molecule has 110 valence electrons. The van der Waals surface area contributed by atoms with Crippen LogP contribution in [0.2, 0.25) is 0 Å². The minimum Gasteiger partial charge on any atom is -0.357 e. The van der Waals surface area contributed by atoms with Crippen molar-refractivity contribution >= 4 is 17.4 Å². The fourth-order valence-electron chi connectivity index (χ4n) is 2.33. The van der Waals surface area contributed by atoms with Crippen LogP contribution in [0.4, 0.5) is 11.5 Å². The lowest BCUT2D eigenvalue weighted by Crippen LogP contribution is -2.40. The second-order valence-electron chi connectivity index (χ2n) is 5.50. The Morgan fingerprint density at radius 1 is 1.45 bits per heavy atom. The number of rotatable bonds is 5. The van der Waals surface area contributed by atoms with Gasteiger partial charge in [-0.2, -0.15) is 0 Å². The fourth-order valence-corrected chi connectivity index (χ4v) is 2.33. The van der Waals surface area contributed by atoms with Crippen LogP contribution in [0.25, 0.3) is 0 Å². The van der Waals surface area contributed by atoms with Gasteiger partial charge in [0.1, 0.15) is 5.82 Å². The zero-order valence-corrected chi connectivity index (χ0v) is 12.3. The molecule has 1 fully saturated rings. The van der Waals surface area contributed by atoms with Crippen LogP contribution in [0.1, 0.15) is 33.1 Å². The third-order valence-electron chi connectivity index (χ3n) is 4.01. The highest BCUT2D eigenvalue weighted by Crippen LogP contribution is 2.19. The van der Waals surface area contributed by atoms with Gasteiger partial charge in [0.2, 0.25) is 5.91 Å². The molecular weight excluding hydrogens is 252 g/mol. The zero-order chi connectivity index (χ0) is 14.5. The number of aromatic nitrogens is 1. The molecule has 1 aromatic rings. The van der Waals surface area contributed by atoms with Crippen molar-refractivity contribution in [2.45, 2.75) is 39.2 Å². The number of hydrogen-bond acceptors (Lipinski definition) is 4. The molecular formula is C15H24N4O. The van der Waals surface area contributed by atoms with Crippen molar-refractivity contribution in [2.75, 3.05) is 23.3 Å². The third kappa shape index (κ3) is 3.48. The van der Waals surface area contributed by atoms with Crippen LogP contribution in [-0.4, -0.2) is 30.0 Å². The van der Waals surface area contributed by atoms with Crippen LogP contribution < -0.4 is 16.0 Å². The third-order valence-corrected chi connectivity index (χ3v) is 4.01. The van der Waals surface area contributed by atoms with Gasteiger partial charge in [-0.25, -0.2) is 4.98 Å². The maximum absolute atomic E-state index is 12.0. The van der Waals surface area contributed by atoms with Crippen molar-refractivity contribution in [2.24, 2.45) is 11.7 Å². The van der Waals surface area contributed by atoms with Crippen LogP contribution in [-0.2, 0) is 4.79 Å². The maximum Gasteiger partial charge on any atom is 0.241 e. The Balaban J connectivity index is 1.94. The van der Waals surface area contributed by atoms with Crippen molar-refractivity contribution in [1.82, 2.24) is 4.98 Å². The van der Waals surface area contributed by atoms with E-state index in [4.69, 9.17) is 5.73 Å². The highest BCUT2D eigenvalue weighted by Gasteiger charge is 2.19. The SMILES string of the molecule is CCC(C)[C@H](N)C(=O)Nc1ccc(N2CCCC2)nc1. The average molecular weight is 276 g/mol. The van der Waals surface area contributed by atoms with Crippen LogP contribution in [0, 0.1) is 5.92 Å². The molecule has 20 heavy (non-hydrogen) atoms. The second kappa shape index (κ2) is 6.70. The predicted octanol–water partition coefficient (Wildman–Crippen LogP) is 1.99. The minimum absolute atomic E-state index is 0.143. The Morgan fingerprint density at radius 2 is 2.15 bits per heavy atom. The zero-order valence-electron chi connectivity index (χ0n) is 12.3. The van der Waals surface area contributed by atoms with Crippen LogP contribution in [0.3, 0.4) is 0 Å². The summed E-state index contributed by atoms with van der Waals surface area (Å²) in [7, 11) is 0. The quantitative estimate of drug-likeness (QED) is 0.863. The van der Waals surface area contributed by atoms with Gasteiger partial charge in [-0.05, 0) is 30.9 Å². The first-order valence-electron chi connectivity index (χ1n) is 7.39. The summed E-state index contributed by atoms with van der Waals surface area (Å²) in [5, 5.41) is 2.83. The molecule has 1 aliphatic rings. The molecule has 0 aromatic carbocycles. The standard InChI is InChI=1S/C15H24N4O/c1-3-11(2)14(16)15(20)18-12-6-7-13(17-10-12)19-8-4-5-9-19/h6-7,10-11,14H,3-5,8-9,16H2,1-2H3,(H,18,20)/t11?,14-/m0/s1. The molecule has 1 aromatic heterocycles. The molecule has 5 heteroatoms. The number of nitrogens with zero attached hydrogens (tertiary/aromatic N) is 2. The minimum atomic E-state index is -0.474. The summed E-state index contributed by atoms with van der Waals surface area (Å²) in [6.45, 7) is 6.15. The summed E-state index contributed by atoms with van der Waals surface area (Å²) in [5.74, 6) is 1.01. The lowest BCUT2D eigenvalue weighted by atomic mass is 9.99. The van der Waals surface area contributed by atoms with Crippen LogP contribution in [0.15, 0.2) is 18.3 Å². The number of hydrogen-bond donors (Lipinski definition) is 2. The maximum atomic E-state index is 12.0. The summed E-state index contributed by atoms with van der Waals surface area (Å²) in [4.78, 5) is 18.6. The number of nitrogens with one attached hydrogen (secondary N) is 1. The molecule has 2 atom stereocenters. The van der Waals surface area contributed by atoms with Gasteiger partial charge in [-0.3, -0.25) is 4.79 Å². The number of nitrogens with two attached hydrogens (primary N) is 1. The molecule has 0 radical (unpaired) electrons. The number of pyridine rings is 1. The van der Waals surface area contributed by atoms with Gasteiger partial charge in [0.15, 0.2) is 0 Å². The Kier molecular flexibility index (Phi) is 4.95. The summed E-state index contributed by atoms with van der Waals surface area (Å²) in [5.41, 5.74) is 6.61. The van der Waals surface area contributed by atoms with Gasteiger partial charge >= 0.3 is 0 Å². The van der Waals surface area contributed by atoms with Gasteiger partial charge in [-0.1, -0.05) is 20.3 Å². The summed E-state index contributed by atoms with van der Waals surface area (Å²) in [6.07, 6.45) is 5.05. The molecule has 1 saturated heterocycles. The first-order valence-corrected chi connectivity index (χ1v) is 7.39. The second-order valence-corrected chi connectivity index (χ2v) is 5.50. The smallest absolute Gasteiger partial charge is 0.241 e.